The van der Waals surface area contributed by atoms with Crippen molar-refractivity contribution in [1.82, 2.24) is 5.32 Å². The summed E-state index contributed by atoms with van der Waals surface area (Å²) in [5, 5.41) is 12.6. The van der Waals surface area contributed by atoms with Gasteiger partial charge in [-0.05, 0) is 37.6 Å². The average molecular weight is 321 g/mol. The van der Waals surface area contributed by atoms with Gasteiger partial charge in [-0.3, -0.25) is 4.79 Å². The second kappa shape index (κ2) is 11.9. The molecular formula is C19H31NO3. The predicted octanol–water partition coefficient (Wildman–Crippen LogP) is 3.95. The van der Waals surface area contributed by atoms with E-state index in [0.717, 1.165) is 12.8 Å². The molecule has 130 valence electrons. The van der Waals surface area contributed by atoms with Crippen LogP contribution in [0.15, 0.2) is 18.2 Å². The third-order valence-corrected chi connectivity index (χ3v) is 3.92. The molecule has 0 saturated carbocycles. The number of carbonyl (C=O) groups is 1. The Morgan fingerprint density at radius 1 is 1.13 bits per heavy atom. The monoisotopic (exact) mass is 321 g/mol. The highest BCUT2D eigenvalue weighted by Crippen LogP contribution is 2.21. The molecule has 0 aliphatic carbocycles. The number of aromatic hydroxyl groups is 1. The summed E-state index contributed by atoms with van der Waals surface area (Å²) >= 11 is 0. The van der Waals surface area contributed by atoms with Gasteiger partial charge < -0.3 is 15.2 Å². The van der Waals surface area contributed by atoms with Crippen molar-refractivity contribution in [3.8, 4) is 5.75 Å². The smallest absolute Gasteiger partial charge is 0.320 e. The molecule has 4 nitrogen and oxygen atoms in total. The maximum absolute atomic E-state index is 11.4. The van der Waals surface area contributed by atoms with Crippen LogP contribution in [0.1, 0.15) is 63.0 Å². The van der Waals surface area contributed by atoms with E-state index in [0.29, 0.717) is 5.56 Å². The zero-order chi connectivity index (χ0) is 16.9. The lowest BCUT2D eigenvalue weighted by molar-refractivity contribution is -0.143. The Labute approximate surface area is 140 Å². The molecule has 1 rings (SSSR count). The number of benzene rings is 1. The van der Waals surface area contributed by atoms with Gasteiger partial charge in [0, 0.05) is 5.56 Å². The van der Waals surface area contributed by atoms with E-state index in [1.54, 1.807) is 13.1 Å². The number of carbonyl (C=O) groups excluding carboxylic acids is 1. The molecule has 0 aliphatic heterocycles. The number of nitrogens with one attached hydrogen (secondary N) is 1. The van der Waals surface area contributed by atoms with Crippen molar-refractivity contribution >= 4 is 5.97 Å². The molecule has 0 atom stereocenters. The largest absolute Gasteiger partial charge is 0.508 e. The average Bonchev–Trinajstić information content (AvgIpc) is 2.54. The van der Waals surface area contributed by atoms with E-state index in [1.807, 2.05) is 12.1 Å². The number of hydrogen-bond acceptors (Lipinski definition) is 4. The number of likely N-dealkylation sites (N-methyl/N-ethyl adjacent to an activating group) is 1. The van der Waals surface area contributed by atoms with Gasteiger partial charge in [-0.2, -0.15) is 0 Å². The number of hydrogen-bond donors (Lipinski definition) is 2. The highest BCUT2D eigenvalue weighted by Gasteiger charge is 2.07. The van der Waals surface area contributed by atoms with Gasteiger partial charge in [-0.15, -0.1) is 0 Å². The Balaban J connectivity index is 2.33. The van der Waals surface area contributed by atoms with Gasteiger partial charge >= 0.3 is 5.97 Å². The van der Waals surface area contributed by atoms with Crippen LogP contribution in [0.4, 0.5) is 0 Å². The SMILES string of the molecule is CCCCCCCCCc1ccc(O)c(COC(=O)CNC)c1. The molecule has 23 heavy (non-hydrogen) atoms. The van der Waals surface area contributed by atoms with Crippen LogP contribution in [0.25, 0.3) is 0 Å². The molecule has 0 spiro atoms. The Morgan fingerprint density at radius 2 is 1.83 bits per heavy atom. The van der Waals surface area contributed by atoms with Crippen LogP contribution in [0, 0.1) is 0 Å². The summed E-state index contributed by atoms with van der Waals surface area (Å²) in [6.45, 7) is 2.54. The lowest BCUT2D eigenvalue weighted by Gasteiger charge is -2.09. The fourth-order valence-electron chi connectivity index (χ4n) is 2.55. The van der Waals surface area contributed by atoms with Crippen molar-refractivity contribution in [3.05, 3.63) is 29.3 Å². The first-order valence-corrected chi connectivity index (χ1v) is 8.78. The molecule has 0 heterocycles. The molecule has 1 aromatic rings. The van der Waals surface area contributed by atoms with Gasteiger partial charge in [0.25, 0.3) is 0 Å². The fourth-order valence-corrected chi connectivity index (χ4v) is 2.55. The number of unbranched alkanes of at least 4 members (excludes halogenated alkanes) is 6. The van der Waals surface area contributed by atoms with E-state index < -0.39 is 0 Å². The van der Waals surface area contributed by atoms with E-state index in [4.69, 9.17) is 4.74 Å². The van der Waals surface area contributed by atoms with Crippen LogP contribution >= 0.6 is 0 Å². The minimum absolute atomic E-state index is 0.122. The van der Waals surface area contributed by atoms with E-state index in [2.05, 4.69) is 12.2 Å². The molecule has 0 saturated heterocycles. The maximum atomic E-state index is 11.4. The quantitative estimate of drug-likeness (QED) is 0.452. The third kappa shape index (κ3) is 8.60. The topological polar surface area (TPSA) is 58.6 Å². The third-order valence-electron chi connectivity index (χ3n) is 3.92. The van der Waals surface area contributed by atoms with E-state index in [9.17, 15) is 9.90 Å². The lowest BCUT2D eigenvalue weighted by atomic mass is 10.0. The predicted molar refractivity (Wildman–Crippen MR) is 93.5 cm³/mol. The molecule has 2 N–H and O–H groups in total. The number of esters is 1. The number of aryl methyl sites for hydroxylation is 1. The van der Waals surface area contributed by atoms with Crippen LogP contribution in [-0.4, -0.2) is 24.7 Å². The van der Waals surface area contributed by atoms with Crippen LogP contribution in [-0.2, 0) is 22.6 Å². The molecule has 4 heteroatoms. The Morgan fingerprint density at radius 3 is 2.52 bits per heavy atom. The number of phenolic OH excluding ortho intramolecular Hbond substituents is 1. The van der Waals surface area contributed by atoms with Crippen LogP contribution in [0.3, 0.4) is 0 Å². The van der Waals surface area contributed by atoms with Crippen LogP contribution in [0.2, 0.25) is 0 Å². The van der Waals surface area contributed by atoms with Gasteiger partial charge in [-0.1, -0.05) is 51.5 Å². The van der Waals surface area contributed by atoms with Gasteiger partial charge in [0.05, 0.1) is 6.54 Å². The standard InChI is InChI=1S/C19H31NO3/c1-3-4-5-6-7-8-9-10-16-11-12-18(21)17(13-16)15-23-19(22)14-20-2/h11-13,20-21H,3-10,14-15H2,1-2H3. The van der Waals surface area contributed by atoms with Crippen molar-refractivity contribution in [3.63, 3.8) is 0 Å². The van der Waals surface area contributed by atoms with Crippen molar-refractivity contribution in [2.45, 2.75) is 64.9 Å². The second-order valence-electron chi connectivity index (χ2n) is 6.03. The van der Waals surface area contributed by atoms with Crippen molar-refractivity contribution in [2.24, 2.45) is 0 Å². The summed E-state index contributed by atoms with van der Waals surface area (Å²) in [4.78, 5) is 11.4. The molecule has 0 unspecified atom stereocenters. The molecule has 0 aliphatic rings. The first-order chi connectivity index (χ1) is 11.2. The van der Waals surface area contributed by atoms with E-state index >= 15 is 0 Å². The number of ether oxygens (including phenoxy) is 1. The van der Waals surface area contributed by atoms with E-state index in [-0.39, 0.29) is 24.9 Å². The van der Waals surface area contributed by atoms with Gasteiger partial charge in [0.1, 0.15) is 12.4 Å². The Bertz CT molecular complexity index is 460. The summed E-state index contributed by atoms with van der Waals surface area (Å²) in [6.07, 6.45) is 10.0. The fraction of sp³-hybridized carbons (Fsp3) is 0.632. The molecule has 0 radical (unpaired) electrons. The number of rotatable bonds is 12. The van der Waals surface area contributed by atoms with Crippen molar-refractivity contribution in [1.29, 1.82) is 0 Å². The molecule has 0 fully saturated rings. The van der Waals surface area contributed by atoms with Gasteiger partial charge in [0.15, 0.2) is 0 Å². The minimum Gasteiger partial charge on any atom is -0.508 e. The van der Waals surface area contributed by atoms with Crippen LogP contribution < -0.4 is 5.32 Å². The Kier molecular flexibility index (Phi) is 10.1. The summed E-state index contributed by atoms with van der Waals surface area (Å²) < 4.78 is 5.12. The maximum Gasteiger partial charge on any atom is 0.320 e. The van der Waals surface area contributed by atoms with Crippen molar-refractivity contribution < 1.29 is 14.6 Å². The zero-order valence-electron chi connectivity index (χ0n) is 14.6. The lowest BCUT2D eigenvalue weighted by Crippen LogP contribution is -2.20. The Hall–Kier alpha value is -1.55. The highest BCUT2D eigenvalue weighted by molar-refractivity contribution is 5.71. The van der Waals surface area contributed by atoms with E-state index in [1.165, 1.54) is 44.1 Å². The second-order valence-corrected chi connectivity index (χ2v) is 6.03. The van der Waals surface area contributed by atoms with Crippen molar-refractivity contribution in [2.75, 3.05) is 13.6 Å². The summed E-state index contributed by atoms with van der Waals surface area (Å²) in [6, 6.07) is 5.59. The first kappa shape index (κ1) is 19.5. The normalized spacial score (nSPS) is 10.7. The molecular weight excluding hydrogens is 290 g/mol. The zero-order valence-corrected chi connectivity index (χ0v) is 14.6. The summed E-state index contributed by atoms with van der Waals surface area (Å²) in [5.74, 6) is -0.130. The molecule has 1 aromatic carbocycles. The minimum atomic E-state index is -0.315. The highest BCUT2D eigenvalue weighted by atomic mass is 16.5. The number of phenols is 1. The van der Waals surface area contributed by atoms with Gasteiger partial charge in [-0.25, -0.2) is 0 Å². The summed E-state index contributed by atoms with van der Waals surface area (Å²) in [7, 11) is 1.70. The van der Waals surface area contributed by atoms with Gasteiger partial charge in [0.2, 0.25) is 0 Å². The molecule has 0 aromatic heterocycles. The first-order valence-electron chi connectivity index (χ1n) is 8.78. The van der Waals surface area contributed by atoms with Crippen LogP contribution in [0.5, 0.6) is 5.75 Å². The molecule has 0 bridgehead atoms. The summed E-state index contributed by atoms with van der Waals surface area (Å²) in [5.41, 5.74) is 1.87. The molecule has 0 amide bonds.